The van der Waals surface area contributed by atoms with Crippen LogP contribution < -0.4 is 5.32 Å². The van der Waals surface area contributed by atoms with Crippen LogP contribution in [0, 0.1) is 17.8 Å². The molecule has 4 atom stereocenters. The molecule has 2 aliphatic rings. The lowest BCUT2D eigenvalue weighted by Crippen LogP contribution is -2.49. The minimum Gasteiger partial charge on any atom is -0.311 e. The molecule has 1 heterocycles. The van der Waals surface area contributed by atoms with Crippen LogP contribution in [0.25, 0.3) is 0 Å². The van der Waals surface area contributed by atoms with Gasteiger partial charge >= 0.3 is 0 Å². The predicted octanol–water partition coefficient (Wildman–Crippen LogP) is 3.91. The van der Waals surface area contributed by atoms with Gasteiger partial charge in [-0.15, -0.1) is 0 Å². The van der Waals surface area contributed by atoms with E-state index in [0.29, 0.717) is 6.04 Å². The fourth-order valence-corrected chi connectivity index (χ4v) is 4.61. The van der Waals surface area contributed by atoms with Crippen LogP contribution in [0.2, 0.25) is 0 Å². The van der Waals surface area contributed by atoms with Gasteiger partial charge in [0, 0.05) is 18.6 Å². The van der Waals surface area contributed by atoms with Gasteiger partial charge in [-0.1, -0.05) is 20.8 Å². The molecule has 0 bridgehead atoms. The zero-order valence-electron chi connectivity index (χ0n) is 14.2. The van der Waals surface area contributed by atoms with Gasteiger partial charge in [0.05, 0.1) is 0 Å². The van der Waals surface area contributed by atoms with Gasteiger partial charge in [-0.3, -0.25) is 0 Å². The zero-order chi connectivity index (χ0) is 14.5. The van der Waals surface area contributed by atoms with Crippen molar-refractivity contribution in [3.63, 3.8) is 0 Å². The van der Waals surface area contributed by atoms with Gasteiger partial charge in [-0.25, -0.2) is 0 Å². The van der Waals surface area contributed by atoms with E-state index in [9.17, 15) is 0 Å². The molecule has 20 heavy (non-hydrogen) atoms. The average Bonchev–Trinajstić information content (AvgIpc) is 2.38. The summed E-state index contributed by atoms with van der Waals surface area (Å²) in [7, 11) is 0. The van der Waals surface area contributed by atoms with Crippen molar-refractivity contribution in [2.45, 2.75) is 78.3 Å². The Kier molecular flexibility index (Phi) is 6.35. The maximum Gasteiger partial charge on any atom is 0.00818 e. The molecule has 0 radical (unpaired) electrons. The highest BCUT2D eigenvalue weighted by molar-refractivity contribution is 4.86. The Balaban J connectivity index is 1.79. The van der Waals surface area contributed by atoms with Crippen molar-refractivity contribution in [2.24, 2.45) is 17.8 Å². The van der Waals surface area contributed by atoms with Gasteiger partial charge in [-0.05, 0) is 76.3 Å². The first-order valence-corrected chi connectivity index (χ1v) is 9.06. The zero-order valence-corrected chi connectivity index (χ0v) is 14.2. The first-order valence-electron chi connectivity index (χ1n) is 9.06. The molecular weight excluding hydrogens is 244 g/mol. The lowest BCUT2D eigenvalue weighted by Gasteiger charge is -2.39. The second kappa shape index (κ2) is 7.79. The molecule has 1 N–H and O–H groups in total. The van der Waals surface area contributed by atoms with E-state index in [1.807, 2.05) is 0 Å². The summed E-state index contributed by atoms with van der Waals surface area (Å²) in [4.78, 5) is 2.68. The SMILES string of the molecule is CCCN1CCCC(C(C)NC2CC(C)CC(C)C2)C1. The molecule has 1 aliphatic carbocycles. The molecule has 2 heteroatoms. The topological polar surface area (TPSA) is 15.3 Å². The summed E-state index contributed by atoms with van der Waals surface area (Å²) in [5, 5.41) is 3.99. The van der Waals surface area contributed by atoms with Crippen LogP contribution in [-0.2, 0) is 0 Å². The standard InChI is InChI=1S/C18H36N2/c1-5-8-20-9-6-7-17(13-20)16(4)19-18-11-14(2)10-15(3)12-18/h14-19H,5-13H2,1-4H3. The van der Waals surface area contributed by atoms with Gasteiger partial charge in [-0.2, -0.15) is 0 Å². The number of hydrogen-bond acceptors (Lipinski definition) is 2. The molecule has 0 aromatic carbocycles. The molecule has 1 saturated carbocycles. The molecule has 1 saturated heterocycles. The van der Waals surface area contributed by atoms with Gasteiger partial charge in [0.15, 0.2) is 0 Å². The van der Waals surface area contributed by atoms with Crippen molar-refractivity contribution in [3.8, 4) is 0 Å². The molecule has 2 nitrogen and oxygen atoms in total. The highest BCUT2D eigenvalue weighted by Gasteiger charge is 2.29. The fourth-order valence-electron chi connectivity index (χ4n) is 4.61. The lowest BCUT2D eigenvalue weighted by molar-refractivity contribution is 0.135. The lowest BCUT2D eigenvalue weighted by atomic mass is 9.79. The quantitative estimate of drug-likeness (QED) is 0.821. The molecular formula is C18H36N2. The Labute approximate surface area is 126 Å². The van der Waals surface area contributed by atoms with E-state index >= 15 is 0 Å². The number of nitrogens with one attached hydrogen (secondary N) is 1. The van der Waals surface area contributed by atoms with E-state index in [1.54, 1.807) is 0 Å². The first-order chi connectivity index (χ1) is 9.58. The van der Waals surface area contributed by atoms with E-state index in [2.05, 4.69) is 37.9 Å². The number of piperidine rings is 1. The Morgan fingerprint density at radius 2 is 1.85 bits per heavy atom. The van der Waals surface area contributed by atoms with Crippen molar-refractivity contribution in [1.82, 2.24) is 10.2 Å². The van der Waals surface area contributed by atoms with Crippen molar-refractivity contribution in [1.29, 1.82) is 0 Å². The van der Waals surface area contributed by atoms with Crippen LogP contribution in [0.1, 0.15) is 66.2 Å². The Bertz CT molecular complexity index is 267. The average molecular weight is 281 g/mol. The fraction of sp³-hybridized carbons (Fsp3) is 1.00. The summed E-state index contributed by atoms with van der Waals surface area (Å²) < 4.78 is 0. The van der Waals surface area contributed by atoms with Crippen LogP contribution >= 0.6 is 0 Å². The van der Waals surface area contributed by atoms with E-state index < -0.39 is 0 Å². The van der Waals surface area contributed by atoms with Crippen LogP contribution in [0.4, 0.5) is 0 Å². The first kappa shape index (κ1) is 16.3. The number of nitrogens with zero attached hydrogens (tertiary/aromatic N) is 1. The van der Waals surface area contributed by atoms with Crippen molar-refractivity contribution in [2.75, 3.05) is 19.6 Å². The molecule has 118 valence electrons. The van der Waals surface area contributed by atoms with Crippen LogP contribution in [0.5, 0.6) is 0 Å². The molecule has 2 rings (SSSR count). The Morgan fingerprint density at radius 1 is 1.15 bits per heavy atom. The van der Waals surface area contributed by atoms with Gasteiger partial charge in [0.1, 0.15) is 0 Å². The maximum atomic E-state index is 3.99. The van der Waals surface area contributed by atoms with E-state index in [-0.39, 0.29) is 0 Å². The smallest absolute Gasteiger partial charge is 0.00818 e. The maximum absolute atomic E-state index is 3.99. The highest BCUT2D eigenvalue weighted by atomic mass is 15.1. The summed E-state index contributed by atoms with van der Waals surface area (Å²) in [6.45, 7) is 13.5. The van der Waals surface area contributed by atoms with Gasteiger partial charge in [0.2, 0.25) is 0 Å². The Hall–Kier alpha value is -0.0800. The molecule has 0 aromatic heterocycles. The summed E-state index contributed by atoms with van der Waals surface area (Å²) >= 11 is 0. The van der Waals surface area contributed by atoms with Gasteiger partial charge in [0.25, 0.3) is 0 Å². The number of likely N-dealkylation sites (tertiary alicyclic amines) is 1. The highest BCUT2D eigenvalue weighted by Crippen LogP contribution is 2.29. The summed E-state index contributed by atoms with van der Waals surface area (Å²) in [6.07, 6.45) is 8.33. The van der Waals surface area contributed by atoms with E-state index in [0.717, 1.165) is 23.8 Å². The van der Waals surface area contributed by atoms with Gasteiger partial charge < -0.3 is 10.2 Å². The molecule has 1 aliphatic heterocycles. The van der Waals surface area contributed by atoms with Crippen LogP contribution in [-0.4, -0.2) is 36.6 Å². The molecule has 0 spiro atoms. The van der Waals surface area contributed by atoms with E-state index in [1.165, 1.54) is 58.2 Å². The number of rotatable bonds is 5. The Morgan fingerprint density at radius 3 is 2.50 bits per heavy atom. The molecule has 0 aromatic rings. The third kappa shape index (κ3) is 4.73. The summed E-state index contributed by atoms with van der Waals surface area (Å²) in [6, 6.07) is 1.46. The second-order valence-corrected chi connectivity index (χ2v) is 7.77. The minimum atomic E-state index is 0.692. The normalized spacial score (nSPS) is 37.8. The predicted molar refractivity (Wildman–Crippen MR) is 88.0 cm³/mol. The number of hydrogen-bond donors (Lipinski definition) is 1. The second-order valence-electron chi connectivity index (χ2n) is 7.77. The van der Waals surface area contributed by atoms with Crippen molar-refractivity contribution in [3.05, 3.63) is 0 Å². The summed E-state index contributed by atoms with van der Waals surface area (Å²) in [5.74, 6) is 2.68. The van der Waals surface area contributed by atoms with E-state index in [4.69, 9.17) is 0 Å². The third-order valence-electron chi connectivity index (χ3n) is 5.47. The molecule has 0 amide bonds. The molecule has 2 fully saturated rings. The molecule has 4 unspecified atom stereocenters. The van der Waals surface area contributed by atoms with Crippen LogP contribution in [0.3, 0.4) is 0 Å². The third-order valence-corrected chi connectivity index (χ3v) is 5.47. The minimum absolute atomic E-state index is 0.692. The van der Waals surface area contributed by atoms with Crippen molar-refractivity contribution < 1.29 is 0 Å². The monoisotopic (exact) mass is 280 g/mol. The summed E-state index contributed by atoms with van der Waals surface area (Å²) in [5.41, 5.74) is 0. The largest absolute Gasteiger partial charge is 0.311 e. The van der Waals surface area contributed by atoms with Crippen LogP contribution in [0.15, 0.2) is 0 Å². The van der Waals surface area contributed by atoms with Crippen molar-refractivity contribution >= 4 is 0 Å².